The molecule has 2 nitrogen and oxygen atoms in total. The maximum atomic E-state index is 6.03. The van der Waals surface area contributed by atoms with Crippen LogP contribution in [-0.2, 0) is 6.61 Å². The zero-order chi connectivity index (χ0) is 15.4. The topological polar surface area (TPSA) is 35.2 Å². The summed E-state index contributed by atoms with van der Waals surface area (Å²) in [6, 6.07) is 14.8. The fraction of sp³-hybridized carbons (Fsp3) is 0.368. The van der Waals surface area contributed by atoms with Crippen molar-refractivity contribution in [3.8, 4) is 5.75 Å². The number of rotatable bonds is 5. The summed E-state index contributed by atoms with van der Waals surface area (Å²) in [5.41, 5.74) is 10.8. The van der Waals surface area contributed by atoms with E-state index in [-0.39, 0.29) is 6.04 Å². The van der Waals surface area contributed by atoms with Gasteiger partial charge in [0.25, 0.3) is 0 Å². The molecule has 0 unspecified atom stereocenters. The molecular formula is C19H25NO. The number of hydrogen-bond donors (Lipinski definition) is 1. The number of hydrogen-bond acceptors (Lipinski definition) is 2. The first kappa shape index (κ1) is 15.6. The standard InChI is InChI=1S/C19H25NO/c1-13(2)17-8-6-16(7-9-17)12-21-19-10-5-14(3)11-18(19)15(4)20/h5-11,13,15H,12,20H2,1-4H3/t15-/m0/s1. The van der Waals surface area contributed by atoms with Crippen LogP contribution in [0, 0.1) is 6.92 Å². The third kappa shape index (κ3) is 4.08. The Morgan fingerprint density at radius 1 is 1.00 bits per heavy atom. The van der Waals surface area contributed by atoms with Crippen LogP contribution < -0.4 is 10.5 Å². The van der Waals surface area contributed by atoms with Crippen molar-refractivity contribution in [3.05, 3.63) is 64.7 Å². The van der Waals surface area contributed by atoms with Crippen LogP contribution in [-0.4, -0.2) is 0 Å². The van der Waals surface area contributed by atoms with Gasteiger partial charge in [-0.1, -0.05) is 55.8 Å². The maximum absolute atomic E-state index is 6.03. The summed E-state index contributed by atoms with van der Waals surface area (Å²) in [5.74, 6) is 1.44. The molecule has 0 aliphatic rings. The molecule has 0 saturated heterocycles. The average Bonchev–Trinajstić information content (AvgIpc) is 2.46. The van der Waals surface area contributed by atoms with Gasteiger partial charge in [0.05, 0.1) is 0 Å². The fourth-order valence-corrected chi connectivity index (χ4v) is 2.32. The SMILES string of the molecule is Cc1ccc(OCc2ccc(C(C)C)cc2)c([C@H](C)N)c1. The first-order chi connectivity index (χ1) is 9.97. The van der Waals surface area contributed by atoms with Crippen LogP contribution in [0.25, 0.3) is 0 Å². The lowest BCUT2D eigenvalue weighted by Gasteiger charge is -2.15. The van der Waals surface area contributed by atoms with E-state index in [1.54, 1.807) is 0 Å². The van der Waals surface area contributed by atoms with Crippen LogP contribution in [0.3, 0.4) is 0 Å². The van der Waals surface area contributed by atoms with Gasteiger partial charge in [0.15, 0.2) is 0 Å². The van der Waals surface area contributed by atoms with Crippen molar-refractivity contribution in [1.82, 2.24) is 0 Å². The minimum atomic E-state index is -0.0248. The van der Waals surface area contributed by atoms with Gasteiger partial charge < -0.3 is 10.5 Å². The summed E-state index contributed by atoms with van der Waals surface area (Å²) in [4.78, 5) is 0. The van der Waals surface area contributed by atoms with Crippen LogP contribution in [0.2, 0.25) is 0 Å². The average molecular weight is 283 g/mol. The molecule has 21 heavy (non-hydrogen) atoms. The molecule has 0 bridgehead atoms. The Morgan fingerprint density at radius 3 is 2.24 bits per heavy atom. The van der Waals surface area contributed by atoms with Crippen molar-refractivity contribution < 1.29 is 4.74 Å². The minimum absolute atomic E-state index is 0.0248. The molecule has 0 aromatic heterocycles. The van der Waals surface area contributed by atoms with Crippen LogP contribution in [0.15, 0.2) is 42.5 Å². The first-order valence-electron chi connectivity index (χ1n) is 7.55. The van der Waals surface area contributed by atoms with Crippen molar-refractivity contribution in [2.75, 3.05) is 0 Å². The lowest BCUT2D eigenvalue weighted by molar-refractivity contribution is 0.301. The van der Waals surface area contributed by atoms with E-state index in [2.05, 4.69) is 57.2 Å². The summed E-state index contributed by atoms with van der Waals surface area (Å²) in [6.45, 7) is 9.03. The predicted molar refractivity (Wildman–Crippen MR) is 88.6 cm³/mol. The molecule has 0 radical (unpaired) electrons. The normalized spacial score (nSPS) is 12.5. The fourth-order valence-electron chi connectivity index (χ4n) is 2.32. The smallest absolute Gasteiger partial charge is 0.124 e. The van der Waals surface area contributed by atoms with E-state index < -0.39 is 0 Å². The number of aryl methyl sites for hydroxylation is 1. The third-order valence-corrected chi connectivity index (χ3v) is 3.70. The molecule has 2 aromatic carbocycles. The Hall–Kier alpha value is -1.80. The van der Waals surface area contributed by atoms with Gasteiger partial charge in [-0.25, -0.2) is 0 Å². The van der Waals surface area contributed by atoms with Gasteiger partial charge in [0, 0.05) is 11.6 Å². The second kappa shape index (κ2) is 6.77. The van der Waals surface area contributed by atoms with Crippen molar-refractivity contribution in [1.29, 1.82) is 0 Å². The molecule has 2 heteroatoms. The van der Waals surface area contributed by atoms with Gasteiger partial charge in [0.1, 0.15) is 12.4 Å². The van der Waals surface area contributed by atoms with Crippen LogP contribution >= 0.6 is 0 Å². The molecule has 2 aromatic rings. The van der Waals surface area contributed by atoms with Crippen LogP contribution in [0.1, 0.15) is 55.0 Å². The molecule has 0 heterocycles. The predicted octanol–water partition coefficient (Wildman–Crippen LogP) is 4.72. The quantitative estimate of drug-likeness (QED) is 0.862. The third-order valence-electron chi connectivity index (χ3n) is 3.70. The summed E-state index contributed by atoms with van der Waals surface area (Å²) < 4.78 is 5.96. The molecule has 2 N–H and O–H groups in total. The Kier molecular flexibility index (Phi) is 5.03. The maximum Gasteiger partial charge on any atom is 0.124 e. The molecule has 2 rings (SSSR count). The summed E-state index contributed by atoms with van der Waals surface area (Å²) >= 11 is 0. The van der Waals surface area contributed by atoms with E-state index in [1.807, 2.05) is 13.0 Å². The zero-order valence-electron chi connectivity index (χ0n) is 13.4. The number of ether oxygens (including phenoxy) is 1. The molecular weight excluding hydrogens is 258 g/mol. The van der Waals surface area contributed by atoms with Gasteiger partial charge >= 0.3 is 0 Å². The number of nitrogens with two attached hydrogens (primary N) is 1. The lowest BCUT2D eigenvalue weighted by atomic mass is 10.0. The van der Waals surface area contributed by atoms with Gasteiger partial charge in [-0.15, -0.1) is 0 Å². The highest BCUT2D eigenvalue weighted by Crippen LogP contribution is 2.26. The van der Waals surface area contributed by atoms with Crippen LogP contribution in [0.5, 0.6) is 5.75 Å². The molecule has 0 fully saturated rings. The Bertz CT molecular complexity index is 585. The first-order valence-corrected chi connectivity index (χ1v) is 7.55. The van der Waals surface area contributed by atoms with E-state index in [9.17, 15) is 0 Å². The summed E-state index contributed by atoms with van der Waals surface area (Å²) in [6.07, 6.45) is 0. The Labute approximate surface area is 127 Å². The Morgan fingerprint density at radius 2 is 1.67 bits per heavy atom. The monoisotopic (exact) mass is 283 g/mol. The van der Waals surface area contributed by atoms with Gasteiger partial charge in [-0.05, 0) is 37.0 Å². The van der Waals surface area contributed by atoms with Crippen LogP contribution in [0.4, 0.5) is 0 Å². The molecule has 112 valence electrons. The van der Waals surface area contributed by atoms with E-state index in [1.165, 1.54) is 16.7 Å². The highest BCUT2D eigenvalue weighted by Gasteiger charge is 2.09. The Balaban J connectivity index is 2.09. The van der Waals surface area contributed by atoms with E-state index >= 15 is 0 Å². The molecule has 0 amide bonds. The second-order valence-electron chi connectivity index (χ2n) is 6.01. The highest BCUT2D eigenvalue weighted by atomic mass is 16.5. The van der Waals surface area contributed by atoms with Crippen molar-refractivity contribution in [2.45, 2.75) is 46.3 Å². The molecule has 0 spiro atoms. The second-order valence-corrected chi connectivity index (χ2v) is 6.01. The minimum Gasteiger partial charge on any atom is -0.489 e. The van der Waals surface area contributed by atoms with Gasteiger partial charge in [0.2, 0.25) is 0 Å². The highest BCUT2D eigenvalue weighted by molar-refractivity contribution is 5.39. The molecule has 0 saturated carbocycles. The molecule has 0 aliphatic carbocycles. The molecule has 0 aliphatic heterocycles. The van der Waals surface area contributed by atoms with E-state index in [0.29, 0.717) is 12.5 Å². The van der Waals surface area contributed by atoms with E-state index in [4.69, 9.17) is 10.5 Å². The largest absolute Gasteiger partial charge is 0.489 e. The summed E-state index contributed by atoms with van der Waals surface area (Å²) in [7, 11) is 0. The van der Waals surface area contributed by atoms with Crippen molar-refractivity contribution >= 4 is 0 Å². The van der Waals surface area contributed by atoms with Gasteiger partial charge in [-0.3, -0.25) is 0 Å². The molecule has 1 atom stereocenters. The van der Waals surface area contributed by atoms with E-state index in [0.717, 1.165) is 11.3 Å². The summed E-state index contributed by atoms with van der Waals surface area (Å²) in [5, 5.41) is 0. The number of benzene rings is 2. The van der Waals surface area contributed by atoms with Gasteiger partial charge in [-0.2, -0.15) is 0 Å². The van der Waals surface area contributed by atoms with Crippen molar-refractivity contribution in [2.24, 2.45) is 5.73 Å². The lowest BCUT2D eigenvalue weighted by Crippen LogP contribution is -2.08. The van der Waals surface area contributed by atoms with Crippen molar-refractivity contribution in [3.63, 3.8) is 0 Å². The zero-order valence-corrected chi connectivity index (χ0v) is 13.4.